The molecule has 1 fully saturated rings. The Kier molecular flexibility index (Phi) is 34.2. The SMILES string of the molecule is CCCCCCCCC=CCC=CCC=CCCCC(=O)OCC(COP(=O)(O)OC1C(O)C(O)C(O)C(OP(=O)(O)O)C1O)OC(=O)CCCCCCCCCCCCCCC. The van der Waals surface area contributed by atoms with Crippen LogP contribution in [0.3, 0.4) is 0 Å². The topological polar surface area (TPSA) is 256 Å². The predicted octanol–water partition coefficient (Wildman–Crippen LogP) is 8.73. The van der Waals surface area contributed by atoms with Crippen molar-refractivity contribution in [1.29, 1.82) is 0 Å². The van der Waals surface area contributed by atoms with Gasteiger partial charge in [-0.3, -0.25) is 23.2 Å². The maximum absolute atomic E-state index is 13.0. The molecule has 7 N–H and O–H groups in total. The lowest BCUT2D eigenvalue weighted by atomic mass is 9.85. The van der Waals surface area contributed by atoms with Gasteiger partial charge in [0, 0.05) is 12.8 Å². The number of phosphoric acid groups is 2. The fourth-order valence-corrected chi connectivity index (χ4v) is 8.58. The first-order valence-corrected chi connectivity index (χ1v) is 26.6. The van der Waals surface area contributed by atoms with Crippen LogP contribution in [0.15, 0.2) is 36.5 Å². The van der Waals surface area contributed by atoms with Crippen LogP contribution in [-0.2, 0) is 41.8 Å². The van der Waals surface area contributed by atoms with Gasteiger partial charge in [-0.15, -0.1) is 0 Å². The van der Waals surface area contributed by atoms with E-state index in [0.29, 0.717) is 19.3 Å². The van der Waals surface area contributed by atoms with Gasteiger partial charge in [0.05, 0.1) is 6.61 Å². The van der Waals surface area contributed by atoms with E-state index in [1.54, 1.807) is 0 Å². The highest BCUT2D eigenvalue weighted by atomic mass is 31.2. The molecule has 1 rings (SSSR count). The highest BCUT2D eigenvalue weighted by Gasteiger charge is 2.54. The van der Waals surface area contributed by atoms with Gasteiger partial charge in [-0.1, -0.05) is 159 Å². The number of carbonyl (C=O) groups excluding carboxylic acids is 2. The number of hydrogen-bond donors (Lipinski definition) is 7. The van der Waals surface area contributed by atoms with E-state index in [1.165, 1.54) is 89.9 Å². The van der Waals surface area contributed by atoms with E-state index in [2.05, 4.69) is 42.7 Å². The average molecular weight is 941 g/mol. The summed E-state index contributed by atoms with van der Waals surface area (Å²) in [5, 5.41) is 41.2. The minimum Gasteiger partial charge on any atom is -0.462 e. The number of unbranched alkanes of at least 4 members (excludes halogenated alkanes) is 19. The van der Waals surface area contributed by atoms with Crippen molar-refractivity contribution in [3.63, 3.8) is 0 Å². The van der Waals surface area contributed by atoms with Gasteiger partial charge in [-0.2, -0.15) is 0 Å². The highest BCUT2D eigenvalue weighted by Crippen LogP contribution is 2.49. The van der Waals surface area contributed by atoms with Crippen LogP contribution in [0.4, 0.5) is 0 Å². The molecule has 1 aliphatic rings. The maximum Gasteiger partial charge on any atom is 0.472 e. The molecule has 0 aromatic rings. The van der Waals surface area contributed by atoms with Crippen LogP contribution >= 0.6 is 15.6 Å². The molecular formula is C45H82O16P2. The summed E-state index contributed by atoms with van der Waals surface area (Å²) in [6, 6.07) is 0. The normalized spacial score (nSPS) is 22.2. The summed E-state index contributed by atoms with van der Waals surface area (Å²) in [6.45, 7) is 3.06. The zero-order valence-electron chi connectivity index (χ0n) is 38.0. The molecule has 8 unspecified atom stereocenters. The van der Waals surface area contributed by atoms with Gasteiger partial charge in [0.1, 0.15) is 43.2 Å². The van der Waals surface area contributed by atoms with Crippen LogP contribution in [0.1, 0.15) is 181 Å². The number of hydrogen-bond acceptors (Lipinski definition) is 13. The second-order valence-electron chi connectivity index (χ2n) is 16.5. The summed E-state index contributed by atoms with van der Waals surface area (Å²) < 4.78 is 49.3. The zero-order chi connectivity index (χ0) is 46.8. The Morgan fingerprint density at radius 3 is 1.44 bits per heavy atom. The second kappa shape index (κ2) is 36.4. The third-order valence-corrected chi connectivity index (χ3v) is 12.2. The van der Waals surface area contributed by atoms with Gasteiger partial charge in [0.25, 0.3) is 0 Å². The van der Waals surface area contributed by atoms with Crippen LogP contribution in [-0.4, -0.2) is 103 Å². The fraction of sp³-hybridized carbons (Fsp3) is 0.822. The summed E-state index contributed by atoms with van der Waals surface area (Å²) in [4.78, 5) is 54.2. The monoisotopic (exact) mass is 941 g/mol. The van der Waals surface area contributed by atoms with E-state index in [4.69, 9.17) is 28.3 Å². The lowest BCUT2D eigenvalue weighted by molar-refractivity contribution is -0.216. The largest absolute Gasteiger partial charge is 0.472 e. The molecule has 0 aliphatic heterocycles. The summed E-state index contributed by atoms with van der Waals surface area (Å²) >= 11 is 0. The predicted molar refractivity (Wildman–Crippen MR) is 241 cm³/mol. The molecule has 0 saturated heterocycles. The summed E-state index contributed by atoms with van der Waals surface area (Å²) in [5.41, 5.74) is 0. The molecule has 8 atom stereocenters. The number of aliphatic hydroxyl groups is 4. The van der Waals surface area contributed by atoms with Crippen molar-refractivity contribution in [3.05, 3.63) is 36.5 Å². The quantitative estimate of drug-likeness (QED) is 0.0132. The van der Waals surface area contributed by atoms with Crippen LogP contribution in [0.5, 0.6) is 0 Å². The van der Waals surface area contributed by atoms with Crippen LogP contribution in [0.25, 0.3) is 0 Å². The van der Waals surface area contributed by atoms with E-state index in [0.717, 1.165) is 44.9 Å². The average Bonchev–Trinajstić information content (AvgIpc) is 3.23. The lowest BCUT2D eigenvalue weighted by Gasteiger charge is -2.43. The van der Waals surface area contributed by atoms with Gasteiger partial charge in [0.15, 0.2) is 6.10 Å². The van der Waals surface area contributed by atoms with E-state index in [-0.39, 0.29) is 12.8 Å². The Morgan fingerprint density at radius 1 is 0.508 bits per heavy atom. The third-order valence-electron chi connectivity index (χ3n) is 10.7. The number of rotatable bonds is 39. The summed E-state index contributed by atoms with van der Waals surface area (Å²) in [5.74, 6) is -1.26. The zero-order valence-corrected chi connectivity index (χ0v) is 39.8. The van der Waals surface area contributed by atoms with Gasteiger partial charge in [-0.25, -0.2) is 9.13 Å². The number of carbonyl (C=O) groups is 2. The summed E-state index contributed by atoms with van der Waals surface area (Å²) in [7, 11) is -10.7. The van der Waals surface area contributed by atoms with Crippen molar-refractivity contribution in [2.45, 2.75) is 224 Å². The Labute approximate surface area is 376 Å². The molecule has 0 radical (unpaired) electrons. The number of aliphatic hydroxyl groups excluding tert-OH is 4. The van der Waals surface area contributed by atoms with E-state index in [9.17, 15) is 44.0 Å². The van der Waals surface area contributed by atoms with E-state index < -0.39 is 83.5 Å². The molecule has 0 spiro atoms. The van der Waals surface area contributed by atoms with Crippen molar-refractivity contribution >= 4 is 27.6 Å². The van der Waals surface area contributed by atoms with E-state index >= 15 is 0 Å². The number of esters is 2. The first-order valence-electron chi connectivity index (χ1n) is 23.5. The highest BCUT2D eigenvalue weighted by molar-refractivity contribution is 7.47. The standard InChI is InChI=1S/C45H82O16P2/c1-3-5-7-9-11-13-15-17-18-19-20-22-23-25-27-29-31-33-38(46)57-35-37(59-39(47)34-32-30-28-26-24-21-16-14-12-10-8-6-4-2)36-58-63(55,56)61-45-42(50)40(48)41(49)44(43(45)51)60-62(52,53)54/h17-18,20,22,25,27,37,40-45,48-51H,3-16,19,21,23-24,26,28-36H2,1-2H3,(H,55,56)(H2,52,53,54). The first kappa shape index (κ1) is 59.2. The maximum atomic E-state index is 13.0. The van der Waals surface area contributed by atoms with Crippen molar-refractivity contribution < 1.29 is 76.9 Å². The minimum atomic E-state index is -5.37. The van der Waals surface area contributed by atoms with Gasteiger partial charge >= 0.3 is 27.6 Å². The Morgan fingerprint density at radius 2 is 0.937 bits per heavy atom. The molecule has 1 saturated carbocycles. The number of phosphoric ester groups is 2. The molecule has 18 heteroatoms. The molecule has 0 bridgehead atoms. The Balaban J connectivity index is 2.63. The molecule has 368 valence electrons. The minimum absolute atomic E-state index is 0.0363. The first-order chi connectivity index (χ1) is 30.1. The van der Waals surface area contributed by atoms with Gasteiger partial charge in [-0.05, 0) is 44.9 Å². The molecular weight excluding hydrogens is 858 g/mol. The molecule has 0 heterocycles. The smallest absolute Gasteiger partial charge is 0.462 e. The van der Waals surface area contributed by atoms with E-state index in [1.807, 2.05) is 12.2 Å². The molecule has 0 amide bonds. The Bertz CT molecular complexity index is 1370. The number of ether oxygens (including phenoxy) is 2. The van der Waals surface area contributed by atoms with Crippen molar-refractivity contribution in [2.24, 2.45) is 0 Å². The molecule has 0 aromatic carbocycles. The molecule has 1 aliphatic carbocycles. The van der Waals surface area contributed by atoms with Crippen LogP contribution in [0, 0.1) is 0 Å². The van der Waals surface area contributed by atoms with Gasteiger partial charge in [0.2, 0.25) is 0 Å². The summed E-state index contributed by atoms with van der Waals surface area (Å²) in [6.07, 6.45) is 24.0. The lowest BCUT2D eigenvalue weighted by Crippen LogP contribution is -2.64. The molecule has 0 aromatic heterocycles. The van der Waals surface area contributed by atoms with Gasteiger partial charge < -0.3 is 44.6 Å². The second-order valence-corrected chi connectivity index (χ2v) is 19.1. The molecule has 16 nitrogen and oxygen atoms in total. The van der Waals surface area contributed by atoms with Crippen molar-refractivity contribution in [2.75, 3.05) is 13.2 Å². The molecule has 63 heavy (non-hydrogen) atoms. The number of allylic oxidation sites excluding steroid dienone is 6. The van der Waals surface area contributed by atoms with Crippen molar-refractivity contribution in [1.82, 2.24) is 0 Å². The van der Waals surface area contributed by atoms with Crippen molar-refractivity contribution in [3.8, 4) is 0 Å². The van der Waals surface area contributed by atoms with Crippen LogP contribution < -0.4 is 0 Å². The van der Waals surface area contributed by atoms with Crippen LogP contribution in [0.2, 0.25) is 0 Å². The third kappa shape index (κ3) is 30.9. The Hall–Kier alpha value is -1.78. The fourth-order valence-electron chi connectivity index (χ4n) is 7.04.